The second-order valence-electron chi connectivity index (χ2n) is 8.33. The maximum absolute atomic E-state index is 12.9. The second kappa shape index (κ2) is 12.5. The van der Waals surface area contributed by atoms with Crippen molar-refractivity contribution in [3.63, 3.8) is 0 Å². The highest BCUT2D eigenvalue weighted by Crippen LogP contribution is 2.36. The molecule has 7 nitrogen and oxygen atoms in total. The highest BCUT2D eigenvalue weighted by molar-refractivity contribution is 7.99. The Kier molecular flexibility index (Phi) is 8.92. The summed E-state index contributed by atoms with van der Waals surface area (Å²) in [5, 5.41) is 14.5. The van der Waals surface area contributed by atoms with Crippen LogP contribution in [0.15, 0.2) is 77.8 Å². The summed E-state index contributed by atoms with van der Waals surface area (Å²) in [6.45, 7) is 6.40. The number of methoxy groups -OCH3 is 1. The summed E-state index contributed by atoms with van der Waals surface area (Å²) >= 11 is 2.60. The first-order valence-electron chi connectivity index (χ1n) is 11.8. The second-order valence-corrected chi connectivity index (χ2v) is 10.2. The molecule has 0 radical (unpaired) electrons. The van der Waals surface area contributed by atoms with E-state index < -0.39 is 5.97 Å². The van der Waals surface area contributed by atoms with E-state index in [2.05, 4.69) is 34.2 Å². The Hall–Kier alpha value is -3.69. The first-order valence-corrected chi connectivity index (χ1v) is 13.6. The van der Waals surface area contributed by atoms with Gasteiger partial charge in [-0.2, -0.15) is 0 Å². The van der Waals surface area contributed by atoms with Crippen LogP contribution in [0.1, 0.15) is 27.3 Å². The lowest BCUT2D eigenvalue weighted by Gasteiger charge is -2.09. The Morgan fingerprint density at radius 2 is 1.86 bits per heavy atom. The Bertz CT molecular complexity index is 1380. The van der Waals surface area contributed by atoms with Gasteiger partial charge in [0, 0.05) is 23.9 Å². The van der Waals surface area contributed by atoms with Gasteiger partial charge in [0.25, 0.3) is 0 Å². The van der Waals surface area contributed by atoms with Crippen LogP contribution in [0.4, 0.5) is 5.00 Å². The largest absolute Gasteiger partial charge is 0.465 e. The average molecular weight is 533 g/mol. The molecule has 2 aromatic carbocycles. The zero-order valence-corrected chi connectivity index (χ0v) is 22.4. The molecule has 0 bridgehead atoms. The molecule has 2 aromatic heterocycles. The smallest absolute Gasteiger partial charge is 0.341 e. The predicted octanol–water partition coefficient (Wildman–Crippen LogP) is 5.80. The third-order valence-corrected chi connectivity index (χ3v) is 7.58. The monoisotopic (exact) mass is 532 g/mol. The van der Waals surface area contributed by atoms with Gasteiger partial charge in [0.1, 0.15) is 16.4 Å². The molecule has 4 rings (SSSR count). The number of aromatic nitrogens is 3. The molecule has 2 heterocycles. The van der Waals surface area contributed by atoms with E-state index >= 15 is 0 Å². The lowest BCUT2D eigenvalue weighted by atomic mass is 10.0. The third kappa shape index (κ3) is 6.55. The van der Waals surface area contributed by atoms with Gasteiger partial charge in [-0.25, -0.2) is 4.79 Å². The zero-order valence-electron chi connectivity index (χ0n) is 20.8. The van der Waals surface area contributed by atoms with Crippen molar-refractivity contribution in [2.45, 2.75) is 31.5 Å². The van der Waals surface area contributed by atoms with Crippen molar-refractivity contribution >= 4 is 40.0 Å². The van der Waals surface area contributed by atoms with Crippen LogP contribution in [-0.2, 0) is 28.9 Å². The first kappa shape index (κ1) is 26.4. The Morgan fingerprint density at radius 3 is 2.57 bits per heavy atom. The van der Waals surface area contributed by atoms with Crippen LogP contribution in [0, 0.1) is 6.92 Å². The normalized spacial score (nSPS) is 10.8. The van der Waals surface area contributed by atoms with Crippen LogP contribution in [-0.4, -0.2) is 39.5 Å². The summed E-state index contributed by atoms with van der Waals surface area (Å²) in [6, 6.07) is 18.1. The molecular formula is C28H28N4O3S2. The molecule has 1 amide bonds. The number of ether oxygens (including phenoxy) is 1. The van der Waals surface area contributed by atoms with Crippen molar-refractivity contribution < 1.29 is 14.3 Å². The highest BCUT2D eigenvalue weighted by atomic mass is 32.2. The number of carbonyl (C=O) groups is 2. The van der Waals surface area contributed by atoms with Crippen molar-refractivity contribution in [2.75, 3.05) is 18.2 Å². The van der Waals surface area contributed by atoms with Crippen LogP contribution in [0.3, 0.4) is 0 Å². The number of hydrogen-bond acceptors (Lipinski definition) is 7. The lowest BCUT2D eigenvalue weighted by molar-refractivity contribution is -0.113. The molecule has 0 aliphatic heterocycles. The fourth-order valence-electron chi connectivity index (χ4n) is 3.82. The van der Waals surface area contributed by atoms with Gasteiger partial charge in [-0.3, -0.25) is 4.79 Å². The number of nitrogens with one attached hydrogen (secondary N) is 1. The topological polar surface area (TPSA) is 86.1 Å². The number of amides is 1. The van der Waals surface area contributed by atoms with Gasteiger partial charge in [-0.1, -0.05) is 78.0 Å². The van der Waals surface area contributed by atoms with Crippen LogP contribution >= 0.6 is 23.1 Å². The van der Waals surface area contributed by atoms with Crippen LogP contribution in [0.2, 0.25) is 0 Å². The number of benzene rings is 2. The van der Waals surface area contributed by atoms with Crippen LogP contribution < -0.4 is 5.32 Å². The molecule has 37 heavy (non-hydrogen) atoms. The summed E-state index contributed by atoms with van der Waals surface area (Å²) in [4.78, 5) is 25.5. The number of allylic oxidation sites excluding steroid dienone is 1. The molecule has 0 saturated carbocycles. The summed E-state index contributed by atoms with van der Waals surface area (Å²) in [6.07, 6.45) is 3.37. The fourth-order valence-corrected chi connectivity index (χ4v) is 5.56. The molecule has 190 valence electrons. The number of rotatable bonds is 11. The number of thiophene rings is 1. The Morgan fingerprint density at radius 1 is 1.11 bits per heavy atom. The molecule has 4 aromatic rings. The summed E-state index contributed by atoms with van der Waals surface area (Å²) in [5.74, 6) is 0.229. The molecule has 9 heteroatoms. The Balaban J connectivity index is 1.45. The Labute approximate surface area is 224 Å². The fraction of sp³-hybridized carbons (Fsp3) is 0.214. The summed E-state index contributed by atoms with van der Waals surface area (Å²) in [5.41, 5.74) is 4.32. The maximum atomic E-state index is 12.9. The summed E-state index contributed by atoms with van der Waals surface area (Å²) in [7, 11) is 1.34. The lowest BCUT2D eigenvalue weighted by Crippen LogP contribution is -2.16. The van der Waals surface area contributed by atoms with E-state index in [1.54, 1.807) is 6.08 Å². The quantitative estimate of drug-likeness (QED) is 0.149. The van der Waals surface area contributed by atoms with E-state index in [4.69, 9.17) is 4.74 Å². The van der Waals surface area contributed by atoms with Gasteiger partial charge >= 0.3 is 5.97 Å². The molecule has 0 atom stereocenters. The van der Waals surface area contributed by atoms with Gasteiger partial charge in [-0.15, -0.1) is 28.1 Å². The van der Waals surface area contributed by atoms with E-state index in [-0.39, 0.29) is 11.7 Å². The maximum Gasteiger partial charge on any atom is 0.341 e. The van der Waals surface area contributed by atoms with Gasteiger partial charge in [0.05, 0.1) is 12.9 Å². The minimum absolute atomic E-state index is 0.117. The zero-order chi connectivity index (χ0) is 26.2. The molecular weight excluding hydrogens is 504 g/mol. The number of thioether (sulfide) groups is 1. The van der Waals surface area contributed by atoms with Crippen LogP contribution in [0.25, 0.3) is 11.1 Å². The van der Waals surface area contributed by atoms with E-state index in [0.29, 0.717) is 22.3 Å². The van der Waals surface area contributed by atoms with Gasteiger partial charge in [-0.05, 0) is 24.5 Å². The van der Waals surface area contributed by atoms with E-state index in [1.165, 1.54) is 35.8 Å². The molecule has 0 saturated heterocycles. The van der Waals surface area contributed by atoms with Crippen molar-refractivity contribution in [2.24, 2.45) is 0 Å². The molecule has 0 spiro atoms. The first-order chi connectivity index (χ1) is 18.0. The molecule has 0 aliphatic carbocycles. The van der Waals surface area contributed by atoms with E-state index in [1.807, 2.05) is 59.3 Å². The molecule has 0 fully saturated rings. The van der Waals surface area contributed by atoms with Crippen molar-refractivity contribution in [3.8, 4) is 11.1 Å². The number of esters is 1. The van der Waals surface area contributed by atoms with Gasteiger partial charge in [0.2, 0.25) is 5.91 Å². The average Bonchev–Trinajstić information content (AvgIpc) is 3.51. The minimum Gasteiger partial charge on any atom is -0.465 e. The third-order valence-electron chi connectivity index (χ3n) is 5.71. The van der Waals surface area contributed by atoms with Crippen LogP contribution in [0.5, 0.6) is 0 Å². The number of hydrogen-bond donors (Lipinski definition) is 1. The summed E-state index contributed by atoms with van der Waals surface area (Å²) < 4.78 is 6.99. The number of anilines is 1. The number of aryl methyl sites for hydroxylation is 3. The van der Waals surface area contributed by atoms with Crippen molar-refractivity contribution in [1.29, 1.82) is 0 Å². The highest BCUT2D eigenvalue weighted by Gasteiger charge is 2.23. The van der Waals surface area contributed by atoms with Crippen molar-refractivity contribution in [3.05, 3.63) is 95.1 Å². The number of nitrogens with zero attached hydrogens (tertiary/aromatic N) is 3. The van der Waals surface area contributed by atoms with Gasteiger partial charge in [0.15, 0.2) is 5.16 Å². The standard InChI is InChI=1S/C28H28N4O3S2/c1-4-16-32-23(15-12-20-8-6-5-7-9-20)30-31-28(32)37-18-24(33)29-26-25(27(34)35-3)22(17-36-26)21-13-10-19(2)11-14-21/h4-11,13-14,17H,1,12,15-16,18H2,2-3H3,(H,29,33). The minimum atomic E-state index is -0.492. The molecule has 0 unspecified atom stereocenters. The predicted molar refractivity (Wildman–Crippen MR) is 149 cm³/mol. The molecule has 1 N–H and O–H groups in total. The van der Waals surface area contributed by atoms with E-state index in [9.17, 15) is 9.59 Å². The molecule has 0 aliphatic rings. The number of carbonyl (C=O) groups excluding carboxylic acids is 2. The van der Waals surface area contributed by atoms with Gasteiger partial charge < -0.3 is 14.6 Å². The SMILES string of the molecule is C=CCn1c(CCc2ccccc2)nnc1SCC(=O)Nc1scc(-c2ccc(C)cc2)c1C(=O)OC. The van der Waals surface area contributed by atoms with E-state index in [0.717, 1.165) is 35.4 Å². The van der Waals surface area contributed by atoms with Crippen molar-refractivity contribution in [1.82, 2.24) is 14.8 Å².